The maximum Gasteiger partial charge on any atom is 0.342 e. The van der Waals surface area contributed by atoms with Crippen LogP contribution in [-0.2, 0) is 23.7 Å². The molecule has 0 bridgehead atoms. The predicted molar refractivity (Wildman–Crippen MR) is 51.8 cm³/mol. The van der Waals surface area contributed by atoms with E-state index >= 15 is 0 Å². The van der Waals surface area contributed by atoms with Crippen molar-refractivity contribution in [3.63, 3.8) is 0 Å². The lowest BCUT2D eigenvalue weighted by atomic mass is 10.2. The van der Waals surface area contributed by atoms with Crippen LogP contribution in [0.2, 0.25) is 0 Å². The van der Waals surface area contributed by atoms with Gasteiger partial charge in [0.1, 0.15) is 5.57 Å². The molecule has 0 radical (unpaired) electrons. The Bertz CT molecular complexity index is 242. The van der Waals surface area contributed by atoms with Gasteiger partial charge < -0.3 is 18.9 Å². The van der Waals surface area contributed by atoms with Gasteiger partial charge in [-0.3, -0.25) is 0 Å². The van der Waals surface area contributed by atoms with Crippen LogP contribution in [0.15, 0.2) is 11.8 Å². The van der Waals surface area contributed by atoms with Gasteiger partial charge in [0.15, 0.2) is 12.6 Å². The Morgan fingerprint density at radius 3 is 2.47 bits per heavy atom. The van der Waals surface area contributed by atoms with Crippen molar-refractivity contribution in [2.24, 2.45) is 0 Å². The summed E-state index contributed by atoms with van der Waals surface area (Å²) in [4.78, 5) is 11.5. The smallest absolute Gasteiger partial charge is 0.342 e. The third kappa shape index (κ3) is 3.21. The molecule has 1 aliphatic heterocycles. The summed E-state index contributed by atoms with van der Waals surface area (Å²) < 4.78 is 20.3. The molecule has 5 heteroatoms. The highest BCUT2D eigenvalue weighted by Crippen LogP contribution is 2.23. The summed E-state index contributed by atoms with van der Waals surface area (Å²) in [5, 5.41) is 0. The van der Waals surface area contributed by atoms with Crippen molar-refractivity contribution in [3.8, 4) is 0 Å². The molecule has 0 atom stereocenters. The van der Waals surface area contributed by atoms with E-state index in [1.807, 2.05) is 6.92 Å². The zero-order valence-corrected chi connectivity index (χ0v) is 9.19. The van der Waals surface area contributed by atoms with Crippen LogP contribution in [0.3, 0.4) is 0 Å². The summed E-state index contributed by atoms with van der Waals surface area (Å²) in [5.74, 6) is -0.470. The second-order valence-electron chi connectivity index (χ2n) is 2.92. The van der Waals surface area contributed by atoms with Gasteiger partial charge in [-0.25, -0.2) is 4.79 Å². The molecule has 1 rings (SSSR count). The van der Waals surface area contributed by atoms with Gasteiger partial charge in [0.05, 0.1) is 19.5 Å². The first-order valence-electron chi connectivity index (χ1n) is 4.98. The minimum Gasteiger partial charge on any atom is -0.501 e. The van der Waals surface area contributed by atoms with Gasteiger partial charge in [-0.1, -0.05) is 0 Å². The van der Waals surface area contributed by atoms with Crippen LogP contribution < -0.4 is 0 Å². The van der Waals surface area contributed by atoms with Crippen LogP contribution >= 0.6 is 0 Å². The largest absolute Gasteiger partial charge is 0.501 e. The van der Waals surface area contributed by atoms with E-state index in [1.165, 1.54) is 6.26 Å². The molecule has 0 N–H and O–H groups in total. The lowest BCUT2D eigenvalue weighted by molar-refractivity contribution is -0.359. The zero-order valence-electron chi connectivity index (χ0n) is 9.19. The molecule has 0 aromatic heterocycles. The molecule has 0 amide bonds. The molecular weight excluding hydrogens is 200 g/mol. The Morgan fingerprint density at radius 1 is 1.33 bits per heavy atom. The second kappa shape index (κ2) is 5.72. The Morgan fingerprint density at radius 2 is 2.00 bits per heavy atom. The fourth-order valence-corrected chi connectivity index (χ4v) is 1.09. The number of hydrogen-bond donors (Lipinski definition) is 0. The number of ether oxygens (including phenoxy) is 4. The van der Waals surface area contributed by atoms with Crippen LogP contribution in [0, 0.1) is 0 Å². The monoisotopic (exact) mass is 216 g/mol. The third-order valence-electron chi connectivity index (χ3n) is 1.77. The van der Waals surface area contributed by atoms with E-state index in [9.17, 15) is 4.79 Å². The van der Waals surface area contributed by atoms with E-state index in [0.29, 0.717) is 13.2 Å². The van der Waals surface area contributed by atoms with Crippen molar-refractivity contribution < 1.29 is 23.7 Å². The van der Waals surface area contributed by atoms with Gasteiger partial charge >= 0.3 is 5.97 Å². The summed E-state index contributed by atoms with van der Waals surface area (Å²) in [6.45, 7) is 6.10. The van der Waals surface area contributed by atoms with E-state index < -0.39 is 12.3 Å². The third-order valence-corrected chi connectivity index (χ3v) is 1.77. The van der Waals surface area contributed by atoms with Gasteiger partial charge in [0.2, 0.25) is 0 Å². The Labute approximate surface area is 88.9 Å². The number of esters is 1. The van der Waals surface area contributed by atoms with E-state index in [2.05, 4.69) is 0 Å². The Kier molecular flexibility index (Phi) is 4.58. The summed E-state index contributed by atoms with van der Waals surface area (Å²) in [5.41, 5.74) is 0.261. The van der Waals surface area contributed by atoms with E-state index in [4.69, 9.17) is 18.9 Å². The molecule has 15 heavy (non-hydrogen) atoms. The molecule has 1 fully saturated rings. The van der Waals surface area contributed by atoms with Crippen LogP contribution in [0.5, 0.6) is 0 Å². The average molecular weight is 216 g/mol. The van der Waals surface area contributed by atoms with Crippen LogP contribution in [0.1, 0.15) is 20.8 Å². The first-order chi connectivity index (χ1) is 7.19. The van der Waals surface area contributed by atoms with Gasteiger partial charge in [0.25, 0.3) is 0 Å². The van der Waals surface area contributed by atoms with Gasteiger partial charge in [-0.2, -0.15) is 0 Å². The SMILES string of the molecule is CCO/C=C(\C(=O)OCC)C1OC(C)O1. The van der Waals surface area contributed by atoms with Crippen molar-refractivity contribution in [3.05, 3.63) is 11.8 Å². The van der Waals surface area contributed by atoms with Crippen molar-refractivity contribution in [1.82, 2.24) is 0 Å². The molecule has 1 aliphatic rings. The van der Waals surface area contributed by atoms with E-state index in [-0.39, 0.29) is 11.9 Å². The number of hydrogen-bond acceptors (Lipinski definition) is 5. The number of carbonyl (C=O) groups excluding carboxylic acids is 1. The molecule has 0 aliphatic carbocycles. The fourth-order valence-electron chi connectivity index (χ4n) is 1.09. The Balaban J connectivity index is 2.57. The number of rotatable bonds is 5. The highest BCUT2D eigenvalue weighted by molar-refractivity contribution is 5.89. The van der Waals surface area contributed by atoms with Crippen LogP contribution in [-0.4, -0.2) is 31.8 Å². The van der Waals surface area contributed by atoms with Crippen molar-refractivity contribution in [2.75, 3.05) is 13.2 Å². The number of carbonyl (C=O) groups is 1. The zero-order chi connectivity index (χ0) is 11.3. The Hall–Kier alpha value is -1.07. The molecule has 5 nitrogen and oxygen atoms in total. The quantitative estimate of drug-likeness (QED) is 0.392. The molecule has 0 aromatic carbocycles. The maximum atomic E-state index is 11.5. The highest BCUT2D eigenvalue weighted by Gasteiger charge is 2.35. The van der Waals surface area contributed by atoms with Crippen molar-refractivity contribution in [1.29, 1.82) is 0 Å². The van der Waals surface area contributed by atoms with E-state index in [0.717, 1.165) is 0 Å². The molecular formula is C10H16O5. The average Bonchev–Trinajstić information content (AvgIpc) is 2.16. The van der Waals surface area contributed by atoms with Gasteiger partial charge in [-0.05, 0) is 20.8 Å². The normalized spacial score (nSPS) is 25.7. The summed E-state index contributed by atoms with van der Waals surface area (Å²) in [6, 6.07) is 0. The molecule has 1 saturated heterocycles. The maximum absolute atomic E-state index is 11.5. The fraction of sp³-hybridized carbons (Fsp3) is 0.700. The first-order valence-corrected chi connectivity index (χ1v) is 4.98. The minimum atomic E-state index is -0.661. The topological polar surface area (TPSA) is 54.0 Å². The van der Waals surface area contributed by atoms with Crippen molar-refractivity contribution >= 4 is 5.97 Å². The molecule has 0 saturated carbocycles. The molecule has 0 spiro atoms. The van der Waals surface area contributed by atoms with Crippen LogP contribution in [0.4, 0.5) is 0 Å². The second-order valence-corrected chi connectivity index (χ2v) is 2.92. The lowest BCUT2D eigenvalue weighted by Crippen LogP contribution is -2.42. The van der Waals surface area contributed by atoms with Crippen molar-refractivity contribution in [2.45, 2.75) is 33.4 Å². The lowest BCUT2D eigenvalue weighted by Gasteiger charge is -2.34. The van der Waals surface area contributed by atoms with E-state index in [1.54, 1.807) is 13.8 Å². The summed E-state index contributed by atoms with van der Waals surface area (Å²) in [7, 11) is 0. The van der Waals surface area contributed by atoms with Gasteiger partial charge in [-0.15, -0.1) is 0 Å². The molecule has 0 aromatic rings. The predicted octanol–water partition coefficient (Wildman–Crippen LogP) is 1.19. The highest BCUT2D eigenvalue weighted by atomic mass is 16.9. The first kappa shape index (κ1) is 12.0. The molecule has 1 heterocycles. The summed E-state index contributed by atoms with van der Waals surface area (Å²) in [6.07, 6.45) is 0.384. The summed E-state index contributed by atoms with van der Waals surface area (Å²) >= 11 is 0. The minimum absolute atomic E-state index is 0.261. The van der Waals surface area contributed by atoms with Gasteiger partial charge in [0, 0.05) is 0 Å². The van der Waals surface area contributed by atoms with Crippen LogP contribution in [0.25, 0.3) is 0 Å². The molecule has 86 valence electrons. The standard InChI is InChI=1S/C10H16O5/c1-4-12-6-8(9(11)13-5-2)10-14-7(3)15-10/h6-7,10H,4-5H2,1-3H3/b8-6+. The molecule has 0 unspecified atom stereocenters.